The maximum Gasteiger partial charge on any atom is 0.254 e. The first-order valence-electron chi connectivity index (χ1n) is 6.21. The van der Waals surface area contributed by atoms with Crippen molar-refractivity contribution in [2.45, 2.75) is 6.42 Å². The lowest BCUT2D eigenvalue weighted by Crippen LogP contribution is -2.42. The van der Waals surface area contributed by atoms with Gasteiger partial charge in [-0.15, -0.1) is 0 Å². The minimum absolute atomic E-state index is 0.0963. The maximum absolute atomic E-state index is 12.1. The third-order valence-electron chi connectivity index (χ3n) is 3.25. The predicted molar refractivity (Wildman–Crippen MR) is 71.2 cm³/mol. The van der Waals surface area contributed by atoms with Crippen molar-refractivity contribution in [3.63, 3.8) is 0 Å². The van der Waals surface area contributed by atoms with Gasteiger partial charge in [-0.3, -0.25) is 4.79 Å². The molecule has 0 aliphatic carbocycles. The van der Waals surface area contributed by atoms with E-state index in [1.54, 1.807) is 0 Å². The molecule has 1 radical (unpaired) electrons. The van der Waals surface area contributed by atoms with Crippen LogP contribution < -0.4 is 0 Å². The molecule has 0 aromatic heterocycles. The second kappa shape index (κ2) is 4.65. The number of hydrogen-bond acceptors (Lipinski definition) is 1. The standard InChI is InChI=1S/C16H14NO/c18-16(17-10-5-11-17)15-9-4-8-14(12-15)13-6-2-1-3-7-13/h1-4,6-9H,5,10-11H2. The van der Waals surface area contributed by atoms with E-state index in [1.165, 1.54) is 0 Å². The van der Waals surface area contributed by atoms with E-state index < -0.39 is 0 Å². The average molecular weight is 236 g/mol. The Labute approximate surface area is 107 Å². The molecule has 1 aliphatic rings. The Balaban J connectivity index is 1.91. The highest BCUT2D eigenvalue weighted by Crippen LogP contribution is 2.21. The molecule has 1 amide bonds. The largest absolute Gasteiger partial charge is 0.338 e. The molecule has 0 bridgehead atoms. The molecule has 1 saturated heterocycles. The SMILES string of the molecule is O=C(c1[c]c(-c2ccccc2)ccc1)N1CCC1. The van der Waals surface area contributed by atoms with Gasteiger partial charge in [-0.1, -0.05) is 42.5 Å². The summed E-state index contributed by atoms with van der Waals surface area (Å²) in [6.45, 7) is 1.75. The minimum Gasteiger partial charge on any atom is -0.338 e. The lowest BCUT2D eigenvalue weighted by Gasteiger charge is -2.30. The lowest BCUT2D eigenvalue weighted by atomic mass is 10.0. The van der Waals surface area contributed by atoms with Crippen molar-refractivity contribution < 1.29 is 4.79 Å². The van der Waals surface area contributed by atoms with Crippen LogP contribution in [0.2, 0.25) is 0 Å². The molecule has 0 unspecified atom stereocenters. The monoisotopic (exact) mass is 236 g/mol. The van der Waals surface area contributed by atoms with E-state index in [-0.39, 0.29) is 5.91 Å². The summed E-state index contributed by atoms with van der Waals surface area (Å²) in [5, 5.41) is 0. The fourth-order valence-electron chi connectivity index (χ4n) is 2.07. The van der Waals surface area contributed by atoms with E-state index >= 15 is 0 Å². The number of benzene rings is 2. The van der Waals surface area contributed by atoms with Gasteiger partial charge in [0.15, 0.2) is 0 Å². The molecule has 1 aliphatic heterocycles. The maximum atomic E-state index is 12.1. The molecule has 2 heteroatoms. The van der Waals surface area contributed by atoms with Crippen LogP contribution in [-0.4, -0.2) is 23.9 Å². The Morgan fingerprint density at radius 1 is 1.00 bits per heavy atom. The van der Waals surface area contributed by atoms with Crippen molar-refractivity contribution >= 4 is 5.91 Å². The van der Waals surface area contributed by atoms with Crippen LogP contribution in [0, 0.1) is 6.07 Å². The highest BCUT2D eigenvalue weighted by atomic mass is 16.2. The smallest absolute Gasteiger partial charge is 0.254 e. The van der Waals surface area contributed by atoms with Crippen molar-refractivity contribution in [2.75, 3.05) is 13.1 Å². The molecular formula is C16H14NO. The molecule has 89 valence electrons. The van der Waals surface area contributed by atoms with Crippen LogP contribution in [0.4, 0.5) is 0 Å². The number of carbonyl (C=O) groups is 1. The van der Waals surface area contributed by atoms with Crippen LogP contribution in [-0.2, 0) is 0 Å². The second-order valence-corrected chi connectivity index (χ2v) is 4.49. The molecule has 2 nitrogen and oxygen atoms in total. The van der Waals surface area contributed by atoms with Gasteiger partial charge in [-0.25, -0.2) is 0 Å². The van der Waals surface area contributed by atoms with Crippen molar-refractivity contribution in [3.05, 3.63) is 60.2 Å². The van der Waals surface area contributed by atoms with Crippen LogP contribution in [0.5, 0.6) is 0 Å². The number of carbonyl (C=O) groups excluding carboxylic acids is 1. The van der Waals surface area contributed by atoms with Crippen LogP contribution in [0.25, 0.3) is 11.1 Å². The van der Waals surface area contributed by atoms with E-state index in [2.05, 4.69) is 6.07 Å². The van der Waals surface area contributed by atoms with Gasteiger partial charge in [0.25, 0.3) is 5.91 Å². The first kappa shape index (κ1) is 11.0. The lowest BCUT2D eigenvalue weighted by molar-refractivity contribution is 0.0651. The Morgan fingerprint density at radius 2 is 1.78 bits per heavy atom. The molecule has 3 rings (SSSR count). The van der Waals surface area contributed by atoms with Crippen LogP contribution in [0.3, 0.4) is 0 Å². The summed E-state index contributed by atoms with van der Waals surface area (Å²) in [5.74, 6) is 0.0963. The van der Waals surface area contributed by atoms with Crippen LogP contribution >= 0.6 is 0 Å². The fourth-order valence-corrected chi connectivity index (χ4v) is 2.07. The molecule has 1 fully saturated rings. The molecule has 0 saturated carbocycles. The van der Waals surface area contributed by atoms with Gasteiger partial charge in [0.2, 0.25) is 0 Å². The summed E-state index contributed by atoms with van der Waals surface area (Å²) < 4.78 is 0. The summed E-state index contributed by atoms with van der Waals surface area (Å²) >= 11 is 0. The van der Waals surface area contributed by atoms with Crippen LogP contribution in [0.15, 0.2) is 48.5 Å². The molecule has 0 atom stereocenters. The van der Waals surface area contributed by atoms with Gasteiger partial charge in [0.1, 0.15) is 0 Å². The summed E-state index contributed by atoms with van der Waals surface area (Å²) in [5.41, 5.74) is 2.73. The first-order chi connectivity index (χ1) is 8.84. The van der Waals surface area contributed by atoms with Crippen molar-refractivity contribution in [3.8, 4) is 11.1 Å². The predicted octanol–water partition coefficient (Wildman–Crippen LogP) is 3.00. The van der Waals surface area contributed by atoms with Crippen LogP contribution in [0.1, 0.15) is 16.8 Å². The van der Waals surface area contributed by atoms with Crippen molar-refractivity contribution in [1.29, 1.82) is 0 Å². The number of rotatable bonds is 2. The van der Waals surface area contributed by atoms with E-state index in [4.69, 9.17) is 0 Å². The van der Waals surface area contributed by atoms with E-state index in [0.29, 0.717) is 5.56 Å². The first-order valence-corrected chi connectivity index (χ1v) is 6.21. The van der Waals surface area contributed by atoms with Gasteiger partial charge in [-0.05, 0) is 23.6 Å². The summed E-state index contributed by atoms with van der Waals surface area (Å²) in [6, 6.07) is 19.0. The summed E-state index contributed by atoms with van der Waals surface area (Å²) in [4.78, 5) is 14.0. The third kappa shape index (κ3) is 2.02. The van der Waals surface area contributed by atoms with E-state index in [1.807, 2.05) is 53.4 Å². The number of amides is 1. The molecule has 2 aromatic carbocycles. The zero-order chi connectivity index (χ0) is 12.4. The Bertz CT molecular complexity index is 558. The average Bonchev–Trinajstić information content (AvgIpc) is 2.38. The Morgan fingerprint density at radius 3 is 2.44 bits per heavy atom. The van der Waals surface area contributed by atoms with Gasteiger partial charge < -0.3 is 4.90 Å². The minimum atomic E-state index is 0.0963. The summed E-state index contributed by atoms with van der Waals surface area (Å²) in [7, 11) is 0. The summed E-state index contributed by atoms with van der Waals surface area (Å²) in [6.07, 6.45) is 1.12. The quantitative estimate of drug-likeness (QED) is 0.785. The van der Waals surface area contributed by atoms with E-state index in [0.717, 1.165) is 30.6 Å². The highest BCUT2D eigenvalue weighted by molar-refractivity contribution is 5.95. The van der Waals surface area contributed by atoms with Crippen molar-refractivity contribution in [2.24, 2.45) is 0 Å². The zero-order valence-corrected chi connectivity index (χ0v) is 10.1. The molecule has 18 heavy (non-hydrogen) atoms. The molecule has 1 heterocycles. The van der Waals surface area contributed by atoms with Gasteiger partial charge in [0, 0.05) is 24.7 Å². The van der Waals surface area contributed by atoms with Gasteiger partial charge in [-0.2, -0.15) is 0 Å². The topological polar surface area (TPSA) is 20.3 Å². The second-order valence-electron chi connectivity index (χ2n) is 4.49. The fraction of sp³-hybridized carbons (Fsp3) is 0.188. The normalized spacial score (nSPS) is 14.1. The molecule has 0 N–H and O–H groups in total. The zero-order valence-electron chi connectivity index (χ0n) is 10.1. The highest BCUT2D eigenvalue weighted by Gasteiger charge is 2.21. The van der Waals surface area contributed by atoms with E-state index in [9.17, 15) is 4.79 Å². The number of hydrogen-bond donors (Lipinski definition) is 0. The van der Waals surface area contributed by atoms with Gasteiger partial charge >= 0.3 is 0 Å². The third-order valence-corrected chi connectivity index (χ3v) is 3.25. The van der Waals surface area contributed by atoms with Gasteiger partial charge in [0.05, 0.1) is 0 Å². The molecule has 0 spiro atoms. The Hall–Kier alpha value is -2.09. The number of nitrogens with zero attached hydrogens (tertiary/aromatic N) is 1. The molecular weight excluding hydrogens is 222 g/mol. The molecule has 2 aromatic rings. The number of likely N-dealkylation sites (tertiary alicyclic amines) is 1. The van der Waals surface area contributed by atoms with Crippen molar-refractivity contribution in [1.82, 2.24) is 4.90 Å². The Kier molecular flexibility index (Phi) is 2.85.